The number of aliphatic hydroxyl groups is 1. The number of carbonyl (C=O) groups excluding carboxylic acids is 1. The van der Waals surface area contributed by atoms with Gasteiger partial charge in [0.25, 0.3) is 5.91 Å². The van der Waals surface area contributed by atoms with Gasteiger partial charge in [-0.2, -0.15) is 0 Å². The lowest BCUT2D eigenvalue weighted by atomic mass is 10.1. The molecule has 2 aromatic carbocycles. The number of nitrogens with one attached hydrogen (secondary N) is 2. The van der Waals surface area contributed by atoms with E-state index in [1.807, 2.05) is 22.6 Å². The van der Waals surface area contributed by atoms with Crippen molar-refractivity contribution in [3.05, 3.63) is 55.6 Å². The molecule has 1 saturated carbocycles. The minimum atomic E-state index is -0.887. The Kier molecular flexibility index (Phi) is 5.80. The predicted molar refractivity (Wildman–Crippen MR) is 104 cm³/mol. The fourth-order valence-electron chi connectivity index (χ4n) is 2.15. The summed E-state index contributed by atoms with van der Waals surface area (Å²) in [6, 6.07) is 6.85. The van der Waals surface area contributed by atoms with Crippen molar-refractivity contribution < 1.29 is 23.5 Å². The first-order valence-electron chi connectivity index (χ1n) is 7.63. The Morgan fingerprint density at radius 2 is 1.96 bits per heavy atom. The predicted octanol–water partition coefficient (Wildman–Crippen LogP) is 4.26. The summed E-state index contributed by atoms with van der Waals surface area (Å²) in [6.45, 7) is -0.0321. The van der Waals surface area contributed by atoms with Crippen LogP contribution in [0.3, 0.4) is 0 Å². The summed E-state index contributed by atoms with van der Waals surface area (Å²) in [4.78, 5) is 17.4. The standard InChI is InChI=1S/C17H14BrF2IN2O3/c18-11-6-10(16(24)23-26-8-17(25)3-4-17)15(7-12(11)19)22-14-2-1-9(21)5-13(14)20/h1-2,5-7,22,25H,3-4,8H2,(H,23,24). The van der Waals surface area contributed by atoms with Gasteiger partial charge in [-0.1, -0.05) is 0 Å². The number of carbonyl (C=O) groups is 1. The zero-order valence-electron chi connectivity index (χ0n) is 13.3. The van der Waals surface area contributed by atoms with Crippen LogP contribution in [0.1, 0.15) is 23.2 Å². The number of hydrogen-bond donors (Lipinski definition) is 3. The first-order chi connectivity index (χ1) is 12.3. The Morgan fingerprint density at radius 1 is 1.23 bits per heavy atom. The third kappa shape index (κ3) is 4.70. The number of halogens is 4. The van der Waals surface area contributed by atoms with E-state index in [0.717, 1.165) is 6.07 Å². The van der Waals surface area contributed by atoms with E-state index in [1.54, 1.807) is 6.07 Å². The summed E-state index contributed by atoms with van der Waals surface area (Å²) in [5.74, 6) is -1.79. The summed E-state index contributed by atoms with van der Waals surface area (Å²) < 4.78 is 28.8. The largest absolute Gasteiger partial charge is 0.387 e. The van der Waals surface area contributed by atoms with Crippen molar-refractivity contribution >= 4 is 55.8 Å². The lowest BCUT2D eigenvalue weighted by Gasteiger charge is -2.15. The highest BCUT2D eigenvalue weighted by molar-refractivity contribution is 14.1. The van der Waals surface area contributed by atoms with Crippen LogP contribution in [-0.2, 0) is 4.84 Å². The highest BCUT2D eigenvalue weighted by Gasteiger charge is 2.41. The van der Waals surface area contributed by atoms with E-state index in [2.05, 4.69) is 26.7 Å². The molecule has 0 spiro atoms. The van der Waals surface area contributed by atoms with Gasteiger partial charge in [-0.05, 0) is 81.7 Å². The number of amides is 1. The summed E-state index contributed by atoms with van der Waals surface area (Å²) in [7, 11) is 0. The molecule has 3 rings (SSSR count). The average Bonchev–Trinajstić information content (AvgIpc) is 3.30. The molecule has 1 aliphatic rings. The molecule has 138 valence electrons. The smallest absolute Gasteiger partial charge is 0.276 e. The molecule has 1 aliphatic carbocycles. The summed E-state index contributed by atoms with van der Waals surface area (Å²) in [6.07, 6.45) is 1.23. The molecular weight excluding hydrogens is 525 g/mol. The van der Waals surface area contributed by atoms with Crippen molar-refractivity contribution in [3.63, 3.8) is 0 Å². The van der Waals surface area contributed by atoms with Gasteiger partial charge in [0.05, 0.1) is 27.0 Å². The van der Waals surface area contributed by atoms with Gasteiger partial charge in [-0.15, -0.1) is 0 Å². The lowest BCUT2D eigenvalue weighted by molar-refractivity contribution is -0.0230. The zero-order chi connectivity index (χ0) is 18.9. The molecule has 1 fully saturated rings. The quantitative estimate of drug-likeness (QED) is 0.380. The molecule has 0 saturated heterocycles. The fraction of sp³-hybridized carbons (Fsp3) is 0.235. The molecule has 0 bridgehead atoms. The molecule has 3 N–H and O–H groups in total. The summed E-state index contributed by atoms with van der Waals surface area (Å²) in [5, 5.41) is 12.4. The molecule has 9 heteroatoms. The monoisotopic (exact) mass is 538 g/mol. The van der Waals surface area contributed by atoms with Crippen molar-refractivity contribution in [1.29, 1.82) is 0 Å². The lowest BCUT2D eigenvalue weighted by Crippen LogP contribution is -2.29. The molecule has 0 unspecified atom stereocenters. The van der Waals surface area contributed by atoms with Gasteiger partial charge in [-0.25, -0.2) is 14.3 Å². The van der Waals surface area contributed by atoms with E-state index in [9.17, 15) is 18.7 Å². The highest BCUT2D eigenvalue weighted by Crippen LogP contribution is 2.35. The second kappa shape index (κ2) is 7.75. The van der Waals surface area contributed by atoms with Gasteiger partial charge in [0.1, 0.15) is 18.2 Å². The van der Waals surface area contributed by atoms with Gasteiger partial charge in [0.2, 0.25) is 0 Å². The van der Waals surface area contributed by atoms with Crippen LogP contribution in [0, 0.1) is 15.2 Å². The van der Waals surface area contributed by atoms with Crippen LogP contribution in [0.15, 0.2) is 34.8 Å². The summed E-state index contributed by atoms with van der Waals surface area (Å²) >= 11 is 5.00. The van der Waals surface area contributed by atoms with Gasteiger partial charge in [0, 0.05) is 3.57 Å². The molecule has 2 aromatic rings. The number of hydroxylamine groups is 1. The van der Waals surface area contributed by atoms with Gasteiger partial charge in [0.15, 0.2) is 0 Å². The SMILES string of the molecule is O=C(NOCC1(O)CC1)c1cc(Br)c(F)cc1Nc1ccc(I)cc1F. The second-order valence-corrected chi connectivity index (χ2v) is 8.11. The maximum atomic E-state index is 14.1. The fourth-order valence-corrected chi connectivity index (χ4v) is 2.95. The third-order valence-corrected chi connectivity index (χ3v) is 5.12. The number of hydrogen-bond acceptors (Lipinski definition) is 4. The first-order valence-corrected chi connectivity index (χ1v) is 9.50. The van der Waals surface area contributed by atoms with Crippen molar-refractivity contribution in [2.24, 2.45) is 0 Å². The molecule has 0 aliphatic heterocycles. The maximum absolute atomic E-state index is 14.1. The molecule has 0 aromatic heterocycles. The Morgan fingerprint density at radius 3 is 2.62 bits per heavy atom. The minimum Gasteiger partial charge on any atom is -0.387 e. The zero-order valence-corrected chi connectivity index (χ0v) is 17.0. The average molecular weight is 539 g/mol. The van der Waals surface area contributed by atoms with Crippen LogP contribution in [0.25, 0.3) is 0 Å². The minimum absolute atomic E-state index is 0.0321. The molecule has 0 atom stereocenters. The van der Waals surface area contributed by atoms with E-state index in [-0.39, 0.29) is 28.0 Å². The Hall–Kier alpha value is -1.30. The highest BCUT2D eigenvalue weighted by atomic mass is 127. The van der Waals surface area contributed by atoms with Crippen LogP contribution < -0.4 is 10.8 Å². The van der Waals surface area contributed by atoms with Crippen LogP contribution in [0.4, 0.5) is 20.2 Å². The van der Waals surface area contributed by atoms with Crippen LogP contribution >= 0.6 is 38.5 Å². The topological polar surface area (TPSA) is 70.6 Å². The van der Waals surface area contributed by atoms with Gasteiger partial charge >= 0.3 is 0 Å². The van der Waals surface area contributed by atoms with Crippen molar-refractivity contribution in [3.8, 4) is 0 Å². The second-order valence-electron chi connectivity index (χ2n) is 6.01. The van der Waals surface area contributed by atoms with Crippen molar-refractivity contribution in [2.45, 2.75) is 18.4 Å². The maximum Gasteiger partial charge on any atom is 0.276 e. The van der Waals surface area contributed by atoms with Gasteiger partial charge < -0.3 is 10.4 Å². The van der Waals surface area contributed by atoms with Crippen LogP contribution in [0.2, 0.25) is 0 Å². The Bertz CT molecular complexity index is 862. The van der Waals surface area contributed by atoms with Gasteiger partial charge in [-0.3, -0.25) is 9.63 Å². The van der Waals surface area contributed by atoms with E-state index in [0.29, 0.717) is 16.4 Å². The van der Waals surface area contributed by atoms with Crippen molar-refractivity contribution in [1.82, 2.24) is 5.48 Å². The summed E-state index contributed by atoms with van der Waals surface area (Å²) in [5.41, 5.74) is 1.57. The Labute approximate surface area is 170 Å². The molecule has 5 nitrogen and oxygen atoms in total. The first kappa shape index (κ1) is 19.5. The molecule has 0 heterocycles. The third-order valence-electron chi connectivity index (χ3n) is 3.84. The molecule has 1 amide bonds. The van der Waals surface area contributed by atoms with E-state index in [1.165, 1.54) is 18.2 Å². The van der Waals surface area contributed by atoms with E-state index < -0.39 is 23.1 Å². The normalized spacial score (nSPS) is 14.8. The van der Waals surface area contributed by atoms with Crippen molar-refractivity contribution in [2.75, 3.05) is 11.9 Å². The number of anilines is 2. The number of benzene rings is 2. The van der Waals surface area contributed by atoms with Crippen LogP contribution in [0.5, 0.6) is 0 Å². The van der Waals surface area contributed by atoms with E-state index >= 15 is 0 Å². The molecule has 0 radical (unpaired) electrons. The number of rotatable bonds is 6. The van der Waals surface area contributed by atoms with Crippen LogP contribution in [-0.4, -0.2) is 23.2 Å². The molecular formula is C17H14BrF2IN2O3. The molecule has 26 heavy (non-hydrogen) atoms. The Balaban J connectivity index is 1.81. The van der Waals surface area contributed by atoms with E-state index in [4.69, 9.17) is 4.84 Å².